The topological polar surface area (TPSA) is 332 Å². The Balaban J connectivity index is -0.000000591. The summed E-state index contributed by atoms with van der Waals surface area (Å²) in [7, 11) is 0. The number of hydrogen-bond donors (Lipinski definition) is 11. The van der Waals surface area contributed by atoms with Crippen molar-refractivity contribution in [1.29, 1.82) is 0 Å². The van der Waals surface area contributed by atoms with Gasteiger partial charge in [0.2, 0.25) is 0 Å². The van der Waals surface area contributed by atoms with Crippen molar-refractivity contribution >= 4 is 23.9 Å². The maximum Gasteiger partial charge on any atom is 0.300 e. The van der Waals surface area contributed by atoms with Gasteiger partial charge in [-0.25, -0.2) is 0 Å². The summed E-state index contributed by atoms with van der Waals surface area (Å²) in [5, 5.41) is 59.1. The fraction of sp³-hybridized carbons (Fsp3) is 0.800. The van der Waals surface area contributed by atoms with Gasteiger partial charge < -0.3 is 68.2 Å². The number of aliphatic carboxylic acids is 4. The number of carboxylic acid groups (broad SMARTS) is 4. The van der Waals surface area contributed by atoms with Gasteiger partial charge in [-0.1, -0.05) is 0 Å². The molecule has 2 fully saturated rings. The van der Waals surface area contributed by atoms with E-state index >= 15 is 0 Å². The van der Waals surface area contributed by atoms with Crippen LogP contribution < -0.4 is 22.9 Å². The van der Waals surface area contributed by atoms with E-state index < -0.39 is 78.8 Å². The van der Waals surface area contributed by atoms with Crippen molar-refractivity contribution in [2.75, 3.05) is 6.54 Å². The lowest BCUT2D eigenvalue weighted by atomic mass is 9.87. The zero-order valence-corrected chi connectivity index (χ0v) is 21.2. The first-order valence-electron chi connectivity index (χ1n) is 10.9. The van der Waals surface area contributed by atoms with Gasteiger partial charge in [-0.3, -0.25) is 19.2 Å². The third kappa shape index (κ3) is 21.3. The summed E-state index contributed by atoms with van der Waals surface area (Å²) in [6.07, 6.45) is -4.48. The predicted octanol–water partition coefficient (Wildman–Crippen LogP) is -3.72. The van der Waals surface area contributed by atoms with Crippen LogP contribution in [0.3, 0.4) is 0 Å². The van der Waals surface area contributed by atoms with E-state index in [9.17, 15) is 15.3 Å². The largest absolute Gasteiger partial charge is 0.481 e. The average molecular weight is 547 g/mol. The Labute approximate surface area is 213 Å². The first kappa shape index (κ1) is 39.0. The van der Waals surface area contributed by atoms with Gasteiger partial charge in [0.25, 0.3) is 23.9 Å². The predicted molar refractivity (Wildman–Crippen MR) is 127 cm³/mol. The van der Waals surface area contributed by atoms with Gasteiger partial charge >= 0.3 is 0 Å². The lowest BCUT2D eigenvalue weighted by Crippen LogP contribution is -2.65. The fourth-order valence-electron chi connectivity index (χ4n) is 2.80. The lowest BCUT2D eigenvalue weighted by Gasteiger charge is -2.44. The quantitative estimate of drug-likeness (QED) is 0.162. The Morgan fingerprint density at radius 2 is 1.14 bits per heavy atom. The molecule has 0 aromatic rings. The summed E-state index contributed by atoms with van der Waals surface area (Å²) in [6, 6.07) is -1.76. The minimum Gasteiger partial charge on any atom is -0.481 e. The van der Waals surface area contributed by atoms with E-state index in [0.29, 0.717) is 12.8 Å². The fourth-order valence-corrected chi connectivity index (χ4v) is 2.80. The molecule has 0 unspecified atom stereocenters. The standard InChI is InChI=1S/C12H26N4O5.4C2H4O2/c13-3-8-10(18)11(19)9(16)12(21-8)20-7-2-4(14)6(17)1-5(7)15;4*1-2(3)4/h4-12,17-19H,1-3,13-16H2;4*1H3,(H,3,4)/t4-,5-,6-,7-,8-,9-,10-,11-,12+;;;;/m1..../s1. The van der Waals surface area contributed by atoms with E-state index in [1.807, 2.05) is 0 Å². The molecule has 1 aliphatic heterocycles. The summed E-state index contributed by atoms with van der Waals surface area (Å²) < 4.78 is 11.2. The van der Waals surface area contributed by atoms with Gasteiger partial charge in [0.1, 0.15) is 18.3 Å². The monoisotopic (exact) mass is 546 g/mol. The van der Waals surface area contributed by atoms with Crippen molar-refractivity contribution in [3.63, 3.8) is 0 Å². The van der Waals surface area contributed by atoms with E-state index in [4.69, 9.17) is 72.0 Å². The van der Waals surface area contributed by atoms with Crippen LogP contribution in [0.15, 0.2) is 0 Å². The molecule has 17 nitrogen and oxygen atoms in total. The van der Waals surface area contributed by atoms with Crippen LogP contribution in [0.2, 0.25) is 0 Å². The van der Waals surface area contributed by atoms with E-state index in [2.05, 4.69) is 0 Å². The molecule has 0 aromatic carbocycles. The van der Waals surface area contributed by atoms with E-state index in [1.54, 1.807) is 0 Å². The second-order valence-electron chi connectivity index (χ2n) is 7.95. The molecule has 1 saturated heterocycles. The second kappa shape index (κ2) is 20.6. The van der Waals surface area contributed by atoms with Crippen molar-refractivity contribution in [2.45, 2.75) is 95.5 Å². The molecule has 37 heavy (non-hydrogen) atoms. The Morgan fingerprint density at radius 3 is 1.49 bits per heavy atom. The van der Waals surface area contributed by atoms with E-state index in [0.717, 1.165) is 27.7 Å². The highest BCUT2D eigenvalue weighted by atomic mass is 16.7. The highest BCUT2D eigenvalue weighted by Gasteiger charge is 2.45. The van der Waals surface area contributed by atoms with Crippen molar-refractivity contribution in [1.82, 2.24) is 0 Å². The number of carboxylic acids is 4. The molecule has 17 heteroatoms. The molecule has 0 bridgehead atoms. The van der Waals surface area contributed by atoms with Gasteiger partial charge in [-0.05, 0) is 12.8 Å². The maximum absolute atomic E-state index is 9.92. The first-order valence-corrected chi connectivity index (χ1v) is 10.9. The third-order valence-corrected chi connectivity index (χ3v) is 4.28. The molecular formula is C20H42N4O13. The van der Waals surface area contributed by atoms with Crippen LogP contribution in [0.25, 0.3) is 0 Å². The van der Waals surface area contributed by atoms with Gasteiger partial charge in [-0.15, -0.1) is 0 Å². The molecule has 0 radical (unpaired) electrons. The Kier molecular flexibility index (Phi) is 21.7. The summed E-state index contributed by atoms with van der Waals surface area (Å²) in [5.74, 6) is -3.33. The second-order valence-corrected chi connectivity index (χ2v) is 7.95. The number of aliphatic hydroxyl groups is 3. The summed E-state index contributed by atoms with van der Waals surface area (Å²) >= 11 is 0. The maximum atomic E-state index is 9.92. The van der Waals surface area contributed by atoms with Crippen LogP contribution in [-0.4, -0.2) is 121 Å². The highest BCUT2D eigenvalue weighted by molar-refractivity contribution is 5.63. The Bertz CT molecular complexity index is 619. The average Bonchev–Trinajstić information content (AvgIpc) is 2.70. The van der Waals surface area contributed by atoms with Crippen LogP contribution >= 0.6 is 0 Å². The Hall–Kier alpha value is -2.48. The lowest BCUT2D eigenvalue weighted by molar-refractivity contribution is -0.275. The molecule has 1 saturated carbocycles. The zero-order valence-electron chi connectivity index (χ0n) is 21.2. The van der Waals surface area contributed by atoms with Gasteiger partial charge in [0.15, 0.2) is 6.29 Å². The van der Waals surface area contributed by atoms with Crippen LogP contribution in [0.1, 0.15) is 40.5 Å². The smallest absolute Gasteiger partial charge is 0.300 e. The minimum absolute atomic E-state index is 0.0275. The molecular weight excluding hydrogens is 504 g/mol. The van der Waals surface area contributed by atoms with Crippen molar-refractivity contribution < 1.29 is 64.4 Å². The molecule has 0 aromatic heterocycles. The number of rotatable bonds is 3. The number of ether oxygens (including phenoxy) is 2. The number of hydrogen-bond acceptors (Lipinski definition) is 13. The Morgan fingerprint density at radius 1 is 0.757 bits per heavy atom. The van der Waals surface area contributed by atoms with Crippen molar-refractivity contribution in [2.24, 2.45) is 22.9 Å². The van der Waals surface area contributed by atoms with Crippen LogP contribution in [0.4, 0.5) is 0 Å². The van der Waals surface area contributed by atoms with Gasteiger partial charge in [0.05, 0.1) is 18.2 Å². The summed E-state index contributed by atoms with van der Waals surface area (Å²) in [4.78, 5) is 36.0. The molecule has 220 valence electrons. The molecule has 15 N–H and O–H groups in total. The van der Waals surface area contributed by atoms with Gasteiger partial charge in [-0.2, -0.15) is 0 Å². The van der Waals surface area contributed by atoms with Gasteiger partial charge in [0, 0.05) is 46.3 Å². The van der Waals surface area contributed by atoms with Crippen LogP contribution in [0, 0.1) is 0 Å². The minimum atomic E-state index is -1.20. The summed E-state index contributed by atoms with van der Waals surface area (Å²) in [5.41, 5.74) is 23.1. The van der Waals surface area contributed by atoms with E-state index in [1.165, 1.54) is 0 Å². The first-order chi connectivity index (χ1) is 16.8. The molecule has 9 atom stereocenters. The molecule has 2 aliphatic rings. The highest BCUT2D eigenvalue weighted by Crippen LogP contribution is 2.26. The third-order valence-electron chi connectivity index (χ3n) is 4.28. The molecule has 1 aliphatic carbocycles. The molecule has 0 amide bonds. The summed E-state index contributed by atoms with van der Waals surface area (Å²) in [6.45, 7) is 4.36. The van der Waals surface area contributed by atoms with E-state index in [-0.39, 0.29) is 6.54 Å². The number of carbonyl (C=O) groups is 4. The molecule has 1 heterocycles. The SMILES string of the molecule is CC(=O)O.CC(=O)O.CC(=O)O.CC(=O)O.NC[C@H]1O[C@H](O[C@@H]2C[C@@H](N)[C@H](O)C[C@H]2N)[C@H](N)[C@@H](O)[C@@H]1O. The number of aliphatic hydroxyl groups excluding tert-OH is 3. The van der Waals surface area contributed by atoms with Crippen molar-refractivity contribution in [3.05, 3.63) is 0 Å². The normalized spacial score (nSPS) is 32.1. The van der Waals surface area contributed by atoms with Crippen LogP contribution in [-0.2, 0) is 28.7 Å². The van der Waals surface area contributed by atoms with Crippen molar-refractivity contribution in [3.8, 4) is 0 Å². The zero-order chi connectivity index (χ0) is 30.0. The molecule has 0 spiro atoms. The number of nitrogens with two attached hydrogens (primary N) is 4. The molecule has 2 rings (SSSR count). The van der Waals surface area contributed by atoms with Crippen LogP contribution in [0.5, 0.6) is 0 Å².